The molecule has 0 atom stereocenters. The quantitative estimate of drug-likeness (QED) is 0.748. The Morgan fingerprint density at radius 3 is 2.87 bits per heavy atom. The van der Waals surface area contributed by atoms with Gasteiger partial charge in [0.25, 0.3) is 0 Å². The van der Waals surface area contributed by atoms with E-state index < -0.39 is 0 Å². The molecule has 0 aromatic rings. The van der Waals surface area contributed by atoms with E-state index in [-0.39, 0.29) is 17.7 Å². The number of ether oxygens (including phenoxy) is 1. The summed E-state index contributed by atoms with van der Waals surface area (Å²) in [6, 6.07) is -0.191. The van der Waals surface area contributed by atoms with E-state index in [0.717, 1.165) is 25.8 Å². The van der Waals surface area contributed by atoms with Crippen molar-refractivity contribution in [2.24, 2.45) is 10.7 Å². The minimum atomic E-state index is -0.326. The van der Waals surface area contributed by atoms with Gasteiger partial charge >= 0.3 is 6.03 Å². The van der Waals surface area contributed by atoms with Crippen LogP contribution in [-0.4, -0.2) is 42.1 Å². The van der Waals surface area contributed by atoms with E-state index >= 15 is 0 Å². The number of amides is 2. The number of urea groups is 1. The van der Waals surface area contributed by atoms with Gasteiger partial charge in [-0.05, 0) is 6.42 Å². The molecule has 84 valence electrons. The maximum atomic E-state index is 11.6. The minimum Gasteiger partial charge on any atom is -0.385 e. The average Bonchev–Trinajstić information content (AvgIpc) is 2.37. The van der Waals surface area contributed by atoms with Crippen molar-refractivity contribution < 1.29 is 9.53 Å². The molecule has 2 amide bonds. The maximum absolute atomic E-state index is 11.6. The average molecular weight is 211 g/mol. The molecule has 0 aromatic heterocycles. The smallest absolute Gasteiger partial charge is 0.346 e. The first-order valence-electron chi connectivity index (χ1n) is 5.33. The Labute approximate surface area is 89.3 Å². The Bertz CT molecular complexity index is 308. The highest BCUT2D eigenvalue weighted by Crippen LogP contribution is 2.42. The van der Waals surface area contributed by atoms with Crippen LogP contribution in [0.4, 0.5) is 4.79 Å². The molecule has 0 unspecified atom stereocenters. The largest absolute Gasteiger partial charge is 0.385 e. The number of hydrogen-bond donors (Lipinski definition) is 1. The fourth-order valence-electron chi connectivity index (χ4n) is 2.41. The number of carbonyl (C=O) groups is 1. The first kappa shape index (κ1) is 10.4. The molecule has 0 radical (unpaired) electrons. The van der Waals surface area contributed by atoms with Crippen molar-refractivity contribution in [3.05, 3.63) is 0 Å². The Morgan fingerprint density at radius 2 is 2.33 bits per heavy atom. The highest BCUT2D eigenvalue weighted by atomic mass is 16.5. The summed E-state index contributed by atoms with van der Waals surface area (Å²) in [6.07, 6.45) is 2.70. The molecule has 1 heterocycles. The molecule has 1 fully saturated rings. The molecule has 5 heteroatoms. The third kappa shape index (κ3) is 1.33. The first-order valence-corrected chi connectivity index (χ1v) is 5.33. The summed E-state index contributed by atoms with van der Waals surface area (Å²) >= 11 is 0. The van der Waals surface area contributed by atoms with E-state index in [2.05, 4.69) is 4.99 Å². The standard InChI is InChI=1S/C10H17N3O2/c1-3-4-13-9(14)12-8(11)10(13)5-7(6-10)15-2/h7H,3-6H2,1-2H3,(H2,11,12,14). The van der Waals surface area contributed by atoms with E-state index in [4.69, 9.17) is 10.5 Å². The molecule has 5 nitrogen and oxygen atoms in total. The van der Waals surface area contributed by atoms with Crippen LogP contribution in [-0.2, 0) is 4.74 Å². The zero-order chi connectivity index (χ0) is 11.1. The van der Waals surface area contributed by atoms with Crippen LogP contribution < -0.4 is 5.73 Å². The normalized spacial score (nSPS) is 34.5. The third-order valence-electron chi connectivity index (χ3n) is 3.35. The summed E-state index contributed by atoms with van der Waals surface area (Å²) in [6.45, 7) is 2.77. The number of nitrogens with zero attached hydrogens (tertiary/aromatic N) is 2. The van der Waals surface area contributed by atoms with Gasteiger partial charge in [0.05, 0.1) is 6.10 Å². The molecule has 2 N–H and O–H groups in total. The van der Waals surface area contributed by atoms with Crippen molar-refractivity contribution in [1.29, 1.82) is 0 Å². The van der Waals surface area contributed by atoms with Crippen LogP contribution in [0.2, 0.25) is 0 Å². The maximum Gasteiger partial charge on any atom is 0.346 e. The van der Waals surface area contributed by atoms with Crippen LogP contribution in [0, 0.1) is 0 Å². The number of nitrogens with two attached hydrogens (primary N) is 1. The number of rotatable bonds is 3. The van der Waals surface area contributed by atoms with Gasteiger partial charge < -0.3 is 15.4 Å². The van der Waals surface area contributed by atoms with E-state index in [0.29, 0.717) is 5.84 Å². The number of aliphatic imine (C=N–C) groups is 1. The molecular weight excluding hydrogens is 194 g/mol. The number of hydrogen-bond acceptors (Lipinski definition) is 3. The van der Waals surface area contributed by atoms with E-state index in [1.54, 1.807) is 12.0 Å². The minimum absolute atomic E-state index is 0.191. The van der Waals surface area contributed by atoms with Gasteiger partial charge in [0.2, 0.25) is 0 Å². The van der Waals surface area contributed by atoms with Crippen molar-refractivity contribution in [2.75, 3.05) is 13.7 Å². The lowest BCUT2D eigenvalue weighted by molar-refractivity contribution is -0.0362. The number of carbonyl (C=O) groups excluding carboxylic acids is 1. The molecule has 2 aliphatic rings. The predicted octanol–water partition coefficient (Wildman–Crippen LogP) is 0.737. The van der Waals surface area contributed by atoms with E-state index in [1.807, 2.05) is 6.92 Å². The van der Waals surface area contributed by atoms with Crippen molar-refractivity contribution in [2.45, 2.75) is 37.8 Å². The van der Waals surface area contributed by atoms with Crippen molar-refractivity contribution >= 4 is 11.9 Å². The molecular formula is C10H17N3O2. The second-order valence-electron chi connectivity index (χ2n) is 4.23. The number of amidine groups is 1. The topological polar surface area (TPSA) is 67.9 Å². The van der Waals surface area contributed by atoms with Gasteiger partial charge in [0.15, 0.2) is 0 Å². The van der Waals surface area contributed by atoms with Gasteiger partial charge in [-0.15, -0.1) is 0 Å². The lowest BCUT2D eigenvalue weighted by Crippen LogP contribution is -2.64. The SMILES string of the molecule is CCCN1C(=O)N=C(N)C12CC(OC)C2. The van der Waals surface area contributed by atoms with Gasteiger partial charge in [-0.3, -0.25) is 0 Å². The Kier molecular flexibility index (Phi) is 2.42. The summed E-state index contributed by atoms with van der Waals surface area (Å²) in [5, 5.41) is 0. The molecule has 1 aliphatic heterocycles. The molecule has 0 bridgehead atoms. The predicted molar refractivity (Wildman–Crippen MR) is 56.8 cm³/mol. The molecule has 0 saturated heterocycles. The highest BCUT2D eigenvalue weighted by molar-refractivity contribution is 6.06. The summed E-state index contributed by atoms with van der Waals surface area (Å²) < 4.78 is 5.23. The molecule has 0 aromatic carbocycles. The monoisotopic (exact) mass is 211 g/mol. The molecule has 2 rings (SSSR count). The van der Waals surface area contributed by atoms with Crippen LogP contribution in [0.5, 0.6) is 0 Å². The van der Waals surface area contributed by atoms with Gasteiger partial charge in [-0.2, -0.15) is 4.99 Å². The van der Waals surface area contributed by atoms with Crippen LogP contribution in [0.3, 0.4) is 0 Å². The van der Waals surface area contributed by atoms with Crippen LogP contribution in [0.15, 0.2) is 4.99 Å². The van der Waals surface area contributed by atoms with Crippen LogP contribution in [0.25, 0.3) is 0 Å². The van der Waals surface area contributed by atoms with E-state index in [1.165, 1.54) is 0 Å². The fourth-order valence-corrected chi connectivity index (χ4v) is 2.41. The number of methoxy groups -OCH3 is 1. The Morgan fingerprint density at radius 1 is 1.67 bits per heavy atom. The Balaban J connectivity index is 2.15. The lowest BCUT2D eigenvalue weighted by atomic mass is 9.72. The molecule has 1 spiro atoms. The zero-order valence-electron chi connectivity index (χ0n) is 9.19. The van der Waals surface area contributed by atoms with Gasteiger partial charge in [-0.25, -0.2) is 4.79 Å². The van der Waals surface area contributed by atoms with Crippen molar-refractivity contribution in [3.8, 4) is 0 Å². The zero-order valence-corrected chi connectivity index (χ0v) is 9.19. The summed E-state index contributed by atoms with van der Waals surface area (Å²) in [5.74, 6) is 0.467. The van der Waals surface area contributed by atoms with Gasteiger partial charge in [-0.1, -0.05) is 6.92 Å². The third-order valence-corrected chi connectivity index (χ3v) is 3.35. The molecule has 15 heavy (non-hydrogen) atoms. The summed E-state index contributed by atoms with van der Waals surface area (Å²) in [5.41, 5.74) is 5.51. The van der Waals surface area contributed by atoms with Gasteiger partial charge in [0, 0.05) is 26.5 Å². The lowest BCUT2D eigenvalue weighted by Gasteiger charge is -2.49. The summed E-state index contributed by atoms with van der Waals surface area (Å²) in [7, 11) is 1.69. The van der Waals surface area contributed by atoms with Crippen molar-refractivity contribution in [3.63, 3.8) is 0 Å². The highest BCUT2D eigenvalue weighted by Gasteiger charge is 2.56. The second kappa shape index (κ2) is 3.48. The first-order chi connectivity index (χ1) is 7.14. The van der Waals surface area contributed by atoms with Crippen molar-refractivity contribution in [1.82, 2.24) is 4.90 Å². The van der Waals surface area contributed by atoms with E-state index in [9.17, 15) is 4.79 Å². The van der Waals surface area contributed by atoms with Crippen LogP contribution in [0.1, 0.15) is 26.2 Å². The van der Waals surface area contributed by atoms with Gasteiger partial charge in [0.1, 0.15) is 11.4 Å². The second-order valence-corrected chi connectivity index (χ2v) is 4.23. The fraction of sp³-hybridized carbons (Fsp3) is 0.800. The molecule has 1 aliphatic carbocycles. The Hall–Kier alpha value is -1.10. The molecule has 1 saturated carbocycles. The summed E-state index contributed by atoms with van der Waals surface area (Å²) in [4.78, 5) is 17.2. The van der Waals surface area contributed by atoms with Crippen LogP contribution >= 0.6 is 0 Å².